The largest absolute Gasteiger partial charge is 0.398 e. The number of nitrogen functional groups attached to an aromatic ring is 1. The normalized spacial score (nSPS) is 16.2. The number of amides is 1. The zero-order valence-corrected chi connectivity index (χ0v) is 11.2. The van der Waals surface area contributed by atoms with Gasteiger partial charge in [-0.25, -0.2) is 0 Å². The summed E-state index contributed by atoms with van der Waals surface area (Å²) in [6.45, 7) is 1.68. The number of anilines is 1. The summed E-state index contributed by atoms with van der Waals surface area (Å²) in [4.78, 5) is 14.0. The average Bonchev–Trinajstić information content (AvgIpc) is 2.33. The molecule has 0 bridgehead atoms. The molecule has 2 rings (SSSR count). The molecule has 1 aliphatic heterocycles. The van der Waals surface area contributed by atoms with Crippen molar-refractivity contribution in [3.63, 3.8) is 0 Å². The molecule has 0 spiro atoms. The fraction of sp³-hybridized carbons (Fsp3) is 0.364. The minimum Gasteiger partial charge on any atom is -0.398 e. The van der Waals surface area contributed by atoms with E-state index >= 15 is 0 Å². The lowest BCUT2D eigenvalue weighted by Crippen LogP contribution is -2.37. The number of rotatable bonds is 1. The van der Waals surface area contributed by atoms with Crippen LogP contribution in [0.2, 0.25) is 0 Å². The molecule has 1 aromatic carbocycles. The Labute approximate surface area is 108 Å². The smallest absolute Gasteiger partial charge is 0.253 e. The van der Waals surface area contributed by atoms with Gasteiger partial charge in [0, 0.05) is 40.3 Å². The maximum Gasteiger partial charge on any atom is 0.253 e. The van der Waals surface area contributed by atoms with E-state index in [2.05, 4.69) is 15.9 Å². The monoisotopic (exact) mass is 300 g/mol. The van der Waals surface area contributed by atoms with Crippen molar-refractivity contribution in [2.75, 3.05) is 30.3 Å². The molecule has 0 aliphatic carbocycles. The molecule has 1 amide bonds. The molecule has 1 saturated heterocycles. The van der Waals surface area contributed by atoms with Gasteiger partial charge in [-0.05, 0) is 34.1 Å². The molecule has 0 saturated carbocycles. The lowest BCUT2D eigenvalue weighted by Gasteiger charge is -2.26. The number of thioether (sulfide) groups is 1. The number of nitrogens with two attached hydrogens (primary N) is 1. The van der Waals surface area contributed by atoms with Crippen molar-refractivity contribution in [3.8, 4) is 0 Å². The fourth-order valence-electron chi connectivity index (χ4n) is 1.61. The molecule has 16 heavy (non-hydrogen) atoms. The average molecular weight is 301 g/mol. The SMILES string of the molecule is Nc1ccc(C(=O)N2CCSCC2)cc1Br. The molecule has 1 heterocycles. The number of nitrogens with zero attached hydrogens (tertiary/aromatic N) is 1. The first-order valence-electron chi connectivity index (χ1n) is 5.10. The van der Waals surface area contributed by atoms with Crippen LogP contribution < -0.4 is 5.73 Å². The molecule has 5 heteroatoms. The van der Waals surface area contributed by atoms with Crippen LogP contribution in [0.25, 0.3) is 0 Å². The van der Waals surface area contributed by atoms with E-state index in [1.165, 1.54) is 0 Å². The van der Waals surface area contributed by atoms with Crippen LogP contribution >= 0.6 is 27.7 Å². The maximum absolute atomic E-state index is 12.1. The molecule has 86 valence electrons. The minimum atomic E-state index is 0.0981. The summed E-state index contributed by atoms with van der Waals surface area (Å²) in [5, 5.41) is 0. The molecule has 3 nitrogen and oxygen atoms in total. The third-order valence-corrected chi connectivity index (χ3v) is 4.17. The van der Waals surface area contributed by atoms with Crippen LogP contribution in [0.15, 0.2) is 22.7 Å². The third-order valence-electron chi connectivity index (χ3n) is 2.55. The summed E-state index contributed by atoms with van der Waals surface area (Å²) in [7, 11) is 0. The number of hydrogen-bond acceptors (Lipinski definition) is 3. The quantitative estimate of drug-likeness (QED) is 0.809. The van der Waals surface area contributed by atoms with E-state index in [1.807, 2.05) is 16.7 Å². The van der Waals surface area contributed by atoms with E-state index in [0.717, 1.165) is 29.1 Å². The van der Waals surface area contributed by atoms with Crippen LogP contribution in [0.4, 0.5) is 5.69 Å². The van der Waals surface area contributed by atoms with Crippen LogP contribution in [0.5, 0.6) is 0 Å². The Bertz CT molecular complexity index is 405. The van der Waals surface area contributed by atoms with Crippen molar-refractivity contribution in [1.82, 2.24) is 4.90 Å². The summed E-state index contributed by atoms with van der Waals surface area (Å²) in [5.41, 5.74) is 7.05. The highest BCUT2D eigenvalue weighted by Gasteiger charge is 2.18. The fourth-order valence-corrected chi connectivity index (χ4v) is 2.89. The maximum atomic E-state index is 12.1. The summed E-state index contributed by atoms with van der Waals surface area (Å²) >= 11 is 5.23. The standard InChI is InChI=1S/C11H13BrN2OS/c12-9-7-8(1-2-10(9)13)11(15)14-3-5-16-6-4-14/h1-2,7H,3-6,13H2. The molecule has 1 fully saturated rings. The second kappa shape index (κ2) is 5.10. The third kappa shape index (κ3) is 2.52. The zero-order valence-electron chi connectivity index (χ0n) is 8.78. The highest BCUT2D eigenvalue weighted by molar-refractivity contribution is 9.10. The van der Waals surface area contributed by atoms with Gasteiger partial charge in [0.05, 0.1) is 0 Å². The van der Waals surface area contributed by atoms with Gasteiger partial charge in [0.25, 0.3) is 5.91 Å². The lowest BCUT2D eigenvalue weighted by molar-refractivity contribution is 0.0772. The summed E-state index contributed by atoms with van der Waals surface area (Å²) < 4.78 is 0.782. The first kappa shape index (κ1) is 11.8. The first-order valence-corrected chi connectivity index (χ1v) is 7.05. The number of carbonyl (C=O) groups excluding carboxylic acids is 1. The Balaban J connectivity index is 2.16. The predicted molar refractivity (Wildman–Crippen MR) is 71.8 cm³/mol. The highest BCUT2D eigenvalue weighted by Crippen LogP contribution is 2.22. The number of carbonyl (C=O) groups is 1. The predicted octanol–water partition coefficient (Wildman–Crippen LogP) is 2.22. The Morgan fingerprint density at radius 1 is 1.38 bits per heavy atom. The van der Waals surface area contributed by atoms with Gasteiger partial charge in [0.2, 0.25) is 0 Å². The zero-order chi connectivity index (χ0) is 11.5. The molecular formula is C11H13BrN2OS. The van der Waals surface area contributed by atoms with Crippen LogP contribution in [0.1, 0.15) is 10.4 Å². The van der Waals surface area contributed by atoms with Crippen LogP contribution in [-0.2, 0) is 0 Å². The van der Waals surface area contributed by atoms with Crippen molar-refractivity contribution in [1.29, 1.82) is 0 Å². The minimum absolute atomic E-state index is 0.0981. The van der Waals surface area contributed by atoms with E-state index in [4.69, 9.17) is 5.73 Å². The van der Waals surface area contributed by atoms with Gasteiger partial charge < -0.3 is 10.6 Å². The molecular weight excluding hydrogens is 288 g/mol. The molecule has 1 aliphatic rings. The van der Waals surface area contributed by atoms with Crippen LogP contribution in [0, 0.1) is 0 Å². The van der Waals surface area contributed by atoms with Gasteiger partial charge in [-0.3, -0.25) is 4.79 Å². The Morgan fingerprint density at radius 2 is 2.06 bits per heavy atom. The highest BCUT2D eigenvalue weighted by atomic mass is 79.9. The van der Waals surface area contributed by atoms with Crippen LogP contribution in [0.3, 0.4) is 0 Å². The number of hydrogen-bond donors (Lipinski definition) is 1. The second-order valence-electron chi connectivity index (χ2n) is 3.64. The molecule has 0 radical (unpaired) electrons. The van der Waals surface area contributed by atoms with Crippen molar-refractivity contribution in [3.05, 3.63) is 28.2 Å². The van der Waals surface area contributed by atoms with Crippen molar-refractivity contribution in [2.45, 2.75) is 0 Å². The molecule has 1 aromatic rings. The number of benzene rings is 1. The molecule has 0 aromatic heterocycles. The van der Waals surface area contributed by atoms with E-state index < -0.39 is 0 Å². The molecule has 0 atom stereocenters. The van der Waals surface area contributed by atoms with E-state index in [9.17, 15) is 4.79 Å². The Hall–Kier alpha value is -0.680. The van der Waals surface area contributed by atoms with E-state index in [1.54, 1.807) is 18.2 Å². The van der Waals surface area contributed by atoms with Crippen molar-refractivity contribution < 1.29 is 4.79 Å². The van der Waals surface area contributed by atoms with Crippen molar-refractivity contribution in [2.24, 2.45) is 0 Å². The van der Waals surface area contributed by atoms with Gasteiger partial charge in [-0.15, -0.1) is 0 Å². The topological polar surface area (TPSA) is 46.3 Å². The molecule has 2 N–H and O–H groups in total. The summed E-state index contributed by atoms with van der Waals surface area (Å²) in [6, 6.07) is 5.33. The van der Waals surface area contributed by atoms with Gasteiger partial charge in [-0.1, -0.05) is 0 Å². The van der Waals surface area contributed by atoms with Crippen molar-refractivity contribution >= 4 is 39.3 Å². The van der Waals surface area contributed by atoms with Gasteiger partial charge in [-0.2, -0.15) is 11.8 Å². The summed E-state index contributed by atoms with van der Waals surface area (Å²) in [6.07, 6.45) is 0. The second-order valence-corrected chi connectivity index (χ2v) is 5.72. The van der Waals surface area contributed by atoms with E-state index in [0.29, 0.717) is 11.3 Å². The van der Waals surface area contributed by atoms with Gasteiger partial charge in [0.15, 0.2) is 0 Å². The molecule has 0 unspecified atom stereocenters. The van der Waals surface area contributed by atoms with Gasteiger partial charge >= 0.3 is 0 Å². The summed E-state index contributed by atoms with van der Waals surface area (Å²) in [5.74, 6) is 2.16. The Kier molecular flexibility index (Phi) is 3.76. The lowest BCUT2D eigenvalue weighted by atomic mass is 10.2. The van der Waals surface area contributed by atoms with Crippen LogP contribution in [-0.4, -0.2) is 35.4 Å². The first-order chi connectivity index (χ1) is 7.68. The Morgan fingerprint density at radius 3 is 2.69 bits per heavy atom. The van der Waals surface area contributed by atoms with E-state index in [-0.39, 0.29) is 5.91 Å². The van der Waals surface area contributed by atoms with Gasteiger partial charge in [0.1, 0.15) is 0 Å². The number of halogens is 1.